The molecule has 2 aromatic heterocycles. The lowest BCUT2D eigenvalue weighted by atomic mass is 10.3. The van der Waals surface area contributed by atoms with Crippen LogP contribution in [0, 0.1) is 6.92 Å². The van der Waals surface area contributed by atoms with Crippen molar-refractivity contribution >= 4 is 27.1 Å². The van der Waals surface area contributed by atoms with Gasteiger partial charge in [-0.15, -0.1) is 0 Å². The van der Waals surface area contributed by atoms with E-state index in [1.807, 2.05) is 13.0 Å². The molecule has 0 amide bonds. The molecule has 0 aliphatic heterocycles. The fraction of sp³-hybridized carbons (Fsp3) is 0.400. The van der Waals surface area contributed by atoms with E-state index in [1.165, 1.54) is 0 Å². The van der Waals surface area contributed by atoms with Gasteiger partial charge in [0.25, 0.3) is 0 Å². The highest BCUT2D eigenvalue weighted by Gasteiger charge is 2.12. The van der Waals surface area contributed by atoms with Gasteiger partial charge in [0.2, 0.25) is 0 Å². The maximum atomic E-state index is 4.49. The maximum absolute atomic E-state index is 4.49. The highest BCUT2D eigenvalue weighted by atomic mass is 79.9. The highest BCUT2D eigenvalue weighted by molar-refractivity contribution is 9.10. The third-order valence-electron chi connectivity index (χ3n) is 2.22. The van der Waals surface area contributed by atoms with Crippen molar-refractivity contribution in [2.75, 3.05) is 0 Å². The first-order valence-corrected chi connectivity index (χ1v) is 5.39. The summed E-state index contributed by atoms with van der Waals surface area (Å²) in [7, 11) is 0. The molecule has 74 valence electrons. The Hall–Kier alpha value is -0.900. The van der Waals surface area contributed by atoms with E-state index in [0.717, 1.165) is 21.5 Å². The molecule has 0 N–H and O–H groups in total. The molecule has 0 saturated heterocycles. The second kappa shape index (κ2) is 3.35. The Morgan fingerprint density at radius 3 is 2.79 bits per heavy atom. The van der Waals surface area contributed by atoms with E-state index in [9.17, 15) is 0 Å². The molecule has 0 bridgehead atoms. The topological polar surface area (TPSA) is 30.7 Å². The average molecular weight is 254 g/mol. The van der Waals surface area contributed by atoms with Crippen LogP contribution in [0.3, 0.4) is 0 Å². The molecule has 0 aliphatic carbocycles. The Kier molecular flexibility index (Phi) is 2.31. The van der Waals surface area contributed by atoms with Crippen LogP contribution >= 0.6 is 15.9 Å². The Morgan fingerprint density at radius 2 is 2.14 bits per heavy atom. The third-order valence-corrected chi connectivity index (χ3v) is 2.86. The van der Waals surface area contributed by atoms with E-state index in [-0.39, 0.29) is 0 Å². The lowest BCUT2D eigenvalue weighted by Gasteiger charge is -2.09. The summed E-state index contributed by atoms with van der Waals surface area (Å²) in [5.74, 6) is 1.01. The number of hydrogen-bond donors (Lipinski definition) is 0. The molecular weight excluding hydrogens is 242 g/mol. The van der Waals surface area contributed by atoms with Crippen molar-refractivity contribution in [1.82, 2.24) is 14.5 Å². The summed E-state index contributed by atoms with van der Waals surface area (Å²) in [6.45, 7) is 6.28. The van der Waals surface area contributed by atoms with E-state index in [0.29, 0.717) is 6.04 Å². The number of aromatic nitrogens is 3. The highest BCUT2D eigenvalue weighted by Crippen LogP contribution is 2.24. The summed E-state index contributed by atoms with van der Waals surface area (Å²) in [4.78, 5) is 8.84. The number of rotatable bonds is 1. The Bertz CT molecular complexity index is 473. The molecule has 2 heterocycles. The van der Waals surface area contributed by atoms with Crippen LogP contribution in [0.1, 0.15) is 25.7 Å². The predicted octanol–water partition coefficient (Wildman–Crippen LogP) is 3.08. The number of nitrogens with zero attached hydrogens (tertiary/aromatic N) is 3. The number of imidazole rings is 1. The molecule has 2 rings (SSSR count). The van der Waals surface area contributed by atoms with Crippen LogP contribution in [0.15, 0.2) is 16.7 Å². The second-order valence-electron chi connectivity index (χ2n) is 3.59. The Morgan fingerprint density at radius 1 is 1.43 bits per heavy atom. The van der Waals surface area contributed by atoms with E-state index in [4.69, 9.17) is 0 Å². The van der Waals surface area contributed by atoms with E-state index < -0.39 is 0 Å². The van der Waals surface area contributed by atoms with Crippen molar-refractivity contribution in [3.05, 3.63) is 22.6 Å². The SMILES string of the molecule is Cc1nc2c(Br)ccnc2n1C(C)C. The molecule has 0 spiro atoms. The van der Waals surface area contributed by atoms with Crippen LogP contribution in [0.25, 0.3) is 11.2 Å². The summed E-state index contributed by atoms with van der Waals surface area (Å²) in [6, 6.07) is 2.31. The van der Waals surface area contributed by atoms with E-state index in [2.05, 4.69) is 44.3 Å². The van der Waals surface area contributed by atoms with Gasteiger partial charge < -0.3 is 4.57 Å². The third kappa shape index (κ3) is 1.34. The molecule has 0 unspecified atom stereocenters. The molecule has 0 aliphatic rings. The van der Waals surface area contributed by atoms with Gasteiger partial charge in [0.15, 0.2) is 5.65 Å². The zero-order valence-corrected chi connectivity index (χ0v) is 10.0. The summed E-state index contributed by atoms with van der Waals surface area (Å²) in [5.41, 5.74) is 1.89. The maximum Gasteiger partial charge on any atom is 0.161 e. The lowest BCUT2D eigenvalue weighted by Crippen LogP contribution is -2.03. The van der Waals surface area contributed by atoms with Gasteiger partial charge >= 0.3 is 0 Å². The van der Waals surface area contributed by atoms with Gasteiger partial charge in [-0.25, -0.2) is 9.97 Å². The van der Waals surface area contributed by atoms with E-state index in [1.54, 1.807) is 6.20 Å². The molecule has 0 fully saturated rings. The first kappa shape index (κ1) is 9.65. The number of fused-ring (bicyclic) bond motifs is 1. The van der Waals surface area contributed by atoms with Gasteiger partial charge in [-0.2, -0.15) is 0 Å². The van der Waals surface area contributed by atoms with Gasteiger partial charge in [-0.3, -0.25) is 0 Å². The van der Waals surface area contributed by atoms with Crippen molar-refractivity contribution in [3.63, 3.8) is 0 Å². The van der Waals surface area contributed by atoms with Gasteiger partial charge in [-0.05, 0) is 42.8 Å². The van der Waals surface area contributed by atoms with Crippen LogP contribution in [0.2, 0.25) is 0 Å². The van der Waals surface area contributed by atoms with Crippen molar-refractivity contribution in [2.45, 2.75) is 26.8 Å². The van der Waals surface area contributed by atoms with Crippen molar-refractivity contribution in [1.29, 1.82) is 0 Å². The monoisotopic (exact) mass is 253 g/mol. The van der Waals surface area contributed by atoms with Crippen LogP contribution in [0.5, 0.6) is 0 Å². The number of halogens is 1. The van der Waals surface area contributed by atoms with Gasteiger partial charge in [0.1, 0.15) is 11.3 Å². The standard InChI is InChI=1S/C10H12BrN3/c1-6(2)14-7(3)13-9-8(11)4-5-12-10(9)14/h4-6H,1-3H3. The molecular formula is C10H12BrN3. The summed E-state index contributed by atoms with van der Waals surface area (Å²) in [5, 5.41) is 0. The lowest BCUT2D eigenvalue weighted by molar-refractivity contribution is 0.595. The summed E-state index contributed by atoms with van der Waals surface area (Å²) >= 11 is 3.48. The first-order chi connectivity index (χ1) is 6.61. The molecule has 0 aromatic carbocycles. The number of hydrogen-bond acceptors (Lipinski definition) is 2. The minimum absolute atomic E-state index is 0.391. The molecule has 0 atom stereocenters. The van der Waals surface area contributed by atoms with Gasteiger partial charge in [0, 0.05) is 16.7 Å². The first-order valence-electron chi connectivity index (χ1n) is 4.60. The summed E-state index contributed by atoms with van der Waals surface area (Å²) in [6.07, 6.45) is 1.80. The normalized spacial score (nSPS) is 11.5. The zero-order chi connectivity index (χ0) is 10.3. The molecule has 4 heteroatoms. The average Bonchev–Trinajstić information content (AvgIpc) is 2.42. The zero-order valence-electron chi connectivity index (χ0n) is 8.45. The number of pyridine rings is 1. The molecule has 0 radical (unpaired) electrons. The fourth-order valence-electron chi connectivity index (χ4n) is 1.69. The minimum Gasteiger partial charge on any atom is -0.310 e. The van der Waals surface area contributed by atoms with Crippen LogP contribution < -0.4 is 0 Å². The van der Waals surface area contributed by atoms with Crippen LogP contribution in [-0.2, 0) is 0 Å². The molecule has 0 saturated carbocycles. The smallest absolute Gasteiger partial charge is 0.161 e. The fourth-order valence-corrected chi connectivity index (χ4v) is 2.07. The van der Waals surface area contributed by atoms with Crippen LogP contribution in [0.4, 0.5) is 0 Å². The van der Waals surface area contributed by atoms with E-state index >= 15 is 0 Å². The van der Waals surface area contributed by atoms with Crippen LogP contribution in [-0.4, -0.2) is 14.5 Å². The Labute approximate surface area is 91.3 Å². The van der Waals surface area contributed by atoms with Crippen molar-refractivity contribution in [3.8, 4) is 0 Å². The number of aryl methyl sites for hydroxylation is 1. The summed E-state index contributed by atoms with van der Waals surface area (Å²) < 4.78 is 3.14. The Balaban J connectivity index is 2.83. The predicted molar refractivity (Wildman–Crippen MR) is 60.4 cm³/mol. The van der Waals surface area contributed by atoms with Gasteiger partial charge in [0.05, 0.1) is 0 Å². The largest absolute Gasteiger partial charge is 0.310 e. The van der Waals surface area contributed by atoms with Crippen molar-refractivity contribution < 1.29 is 0 Å². The van der Waals surface area contributed by atoms with Crippen molar-refractivity contribution in [2.24, 2.45) is 0 Å². The minimum atomic E-state index is 0.391. The van der Waals surface area contributed by atoms with Gasteiger partial charge in [-0.1, -0.05) is 0 Å². The second-order valence-corrected chi connectivity index (χ2v) is 4.44. The molecule has 3 nitrogen and oxygen atoms in total. The quantitative estimate of drug-likeness (QED) is 0.782. The molecule has 14 heavy (non-hydrogen) atoms. The molecule has 2 aromatic rings.